The molecule has 4 heteroatoms. The van der Waals surface area contributed by atoms with E-state index in [9.17, 15) is 5.26 Å². The van der Waals surface area contributed by atoms with Crippen LogP contribution in [0.25, 0.3) is 0 Å². The summed E-state index contributed by atoms with van der Waals surface area (Å²) in [5.41, 5.74) is 1.73. The van der Waals surface area contributed by atoms with E-state index in [-0.39, 0.29) is 0 Å². The van der Waals surface area contributed by atoms with Gasteiger partial charge in [0.25, 0.3) is 0 Å². The van der Waals surface area contributed by atoms with Crippen molar-refractivity contribution in [2.24, 2.45) is 0 Å². The molecule has 0 fully saturated rings. The Morgan fingerprint density at radius 3 is 2.67 bits per heavy atom. The van der Waals surface area contributed by atoms with Gasteiger partial charge in [0.1, 0.15) is 11.8 Å². The van der Waals surface area contributed by atoms with Crippen molar-refractivity contribution in [1.29, 1.82) is 5.26 Å². The van der Waals surface area contributed by atoms with E-state index in [1.807, 2.05) is 18.2 Å². The molecule has 0 aliphatic rings. The second kappa shape index (κ2) is 7.26. The maximum absolute atomic E-state index is 9.18. The van der Waals surface area contributed by atoms with Crippen LogP contribution in [0.15, 0.2) is 35.7 Å². The molecule has 3 nitrogen and oxygen atoms in total. The number of nitrogens with zero attached hydrogens (tertiary/aromatic N) is 2. The third-order valence-electron chi connectivity index (χ3n) is 3.44. The number of thiophene rings is 1. The van der Waals surface area contributed by atoms with Crippen LogP contribution < -0.4 is 4.74 Å². The minimum atomic E-state index is 0.444. The van der Waals surface area contributed by atoms with E-state index >= 15 is 0 Å². The summed E-state index contributed by atoms with van der Waals surface area (Å²) >= 11 is 1.78. The molecule has 0 N–H and O–H groups in total. The molecule has 0 amide bonds. The third kappa shape index (κ3) is 4.07. The van der Waals surface area contributed by atoms with E-state index in [2.05, 4.69) is 42.3 Å². The molecule has 0 aliphatic carbocycles. The number of methoxy groups -OCH3 is 1. The van der Waals surface area contributed by atoms with Crippen LogP contribution in [-0.2, 0) is 13.1 Å². The molecule has 21 heavy (non-hydrogen) atoms. The summed E-state index contributed by atoms with van der Waals surface area (Å²) in [6, 6.07) is 12.7. The average molecular weight is 300 g/mol. The van der Waals surface area contributed by atoms with Crippen LogP contribution in [0.4, 0.5) is 0 Å². The molecular weight excluding hydrogens is 280 g/mol. The van der Waals surface area contributed by atoms with Crippen LogP contribution in [-0.4, -0.2) is 18.1 Å². The molecule has 0 bridgehead atoms. The molecule has 0 atom stereocenters. The number of nitriles is 1. The van der Waals surface area contributed by atoms with Crippen molar-refractivity contribution in [1.82, 2.24) is 4.90 Å². The van der Waals surface area contributed by atoms with Gasteiger partial charge in [0.2, 0.25) is 0 Å². The Hall–Kier alpha value is -1.83. The van der Waals surface area contributed by atoms with Crippen molar-refractivity contribution >= 4 is 11.3 Å². The van der Waals surface area contributed by atoms with Gasteiger partial charge in [0.05, 0.1) is 12.7 Å². The monoisotopic (exact) mass is 300 g/mol. The van der Waals surface area contributed by atoms with E-state index in [1.54, 1.807) is 18.4 Å². The van der Waals surface area contributed by atoms with Crippen LogP contribution in [0.2, 0.25) is 0 Å². The Morgan fingerprint density at radius 1 is 1.29 bits per heavy atom. The molecule has 0 radical (unpaired) electrons. The van der Waals surface area contributed by atoms with E-state index in [4.69, 9.17) is 4.74 Å². The zero-order chi connectivity index (χ0) is 15.2. The second-order valence-corrected chi connectivity index (χ2v) is 6.26. The minimum absolute atomic E-state index is 0.444. The van der Waals surface area contributed by atoms with Crippen molar-refractivity contribution < 1.29 is 4.74 Å². The molecule has 1 heterocycles. The van der Waals surface area contributed by atoms with Crippen LogP contribution in [0.1, 0.15) is 29.9 Å². The van der Waals surface area contributed by atoms with Crippen molar-refractivity contribution in [2.75, 3.05) is 7.11 Å². The summed E-state index contributed by atoms with van der Waals surface area (Å²) in [6.07, 6.45) is 0. The first kappa shape index (κ1) is 15.6. The molecule has 2 aromatic rings. The molecule has 1 aromatic carbocycles. The Balaban J connectivity index is 2.15. The SMILES string of the molecule is COc1ccc(CN(Cc2cccs2)C(C)C)cc1C#N. The Bertz CT molecular complexity index is 614. The van der Waals surface area contributed by atoms with Crippen molar-refractivity contribution in [3.05, 3.63) is 51.7 Å². The van der Waals surface area contributed by atoms with Crippen molar-refractivity contribution in [3.8, 4) is 11.8 Å². The maximum Gasteiger partial charge on any atom is 0.136 e. The molecule has 0 unspecified atom stereocenters. The van der Waals surface area contributed by atoms with E-state index < -0.39 is 0 Å². The van der Waals surface area contributed by atoms with Gasteiger partial charge in [0, 0.05) is 24.0 Å². The molecule has 1 aromatic heterocycles. The molecule has 0 saturated heterocycles. The quantitative estimate of drug-likeness (QED) is 0.808. The van der Waals surface area contributed by atoms with E-state index in [1.165, 1.54) is 4.88 Å². The highest BCUT2D eigenvalue weighted by molar-refractivity contribution is 7.09. The van der Waals surface area contributed by atoms with Gasteiger partial charge < -0.3 is 4.74 Å². The van der Waals surface area contributed by atoms with Gasteiger partial charge in [-0.2, -0.15) is 5.26 Å². The lowest BCUT2D eigenvalue weighted by Gasteiger charge is -2.26. The van der Waals surface area contributed by atoms with Crippen LogP contribution in [0, 0.1) is 11.3 Å². The minimum Gasteiger partial charge on any atom is -0.495 e. The van der Waals surface area contributed by atoms with Crippen molar-refractivity contribution in [2.45, 2.75) is 33.0 Å². The number of benzene rings is 1. The third-order valence-corrected chi connectivity index (χ3v) is 4.30. The summed E-state index contributed by atoms with van der Waals surface area (Å²) in [4.78, 5) is 3.76. The lowest BCUT2D eigenvalue weighted by Crippen LogP contribution is -2.29. The highest BCUT2D eigenvalue weighted by Crippen LogP contribution is 2.22. The first-order valence-corrected chi connectivity index (χ1v) is 7.85. The molecule has 0 spiro atoms. The van der Waals surface area contributed by atoms with E-state index in [0.717, 1.165) is 18.7 Å². The largest absolute Gasteiger partial charge is 0.495 e. The summed E-state index contributed by atoms with van der Waals surface area (Å²) in [5, 5.41) is 11.3. The molecular formula is C17H20N2OS. The predicted molar refractivity (Wildman–Crippen MR) is 86.4 cm³/mol. The second-order valence-electron chi connectivity index (χ2n) is 5.22. The highest BCUT2D eigenvalue weighted by atomic mass is 32.1. The lowest BCUT2D eigenvalue weighted by atomic mass is 10.1. The smallest absolute Gasteiger partial charge is 0.136 e. The average Bonchev–Trinajstić information content (AvgIpc) is 2.99. The van der Waals surface area contributed by atoms with E-state index in [0.29, 0.717) is 17.4 Å². The van der Waals surface area contributed by atoms with Gasteiger partial charge in [-0.15, -0.1) is 11.3 Å². The van der Waals surface area contributed by atoms with Gasteiger partial charge in [-0.3, -0.25) is 4.90 Å². The topological polar surface area (TPSA) is 36.3 Å². The fourth-order valence-electron chi connectivity index (χ4n) is 2.20. The molecule has 0 saturated carbocycles. The number of hydrogen-bond donors (Lipinski definition) is 0. The first-order valence-electron chi connectivity index (χ1n) is 6.97. The lowest BCUT2D eigenvalue weighted by molar-refractivity contribution is 0.205. The Morgan fingerprint density at radius 2 is 2.10 bits per heavy atom. The highest BCUT2D eigenvalue weighted by Gasteiger charge is 2.13. The fraction of sp³-hybridized carbons (Fsp3) is 0.353. The first-order chi connectivity index (χ1) is 10.1. The van der Waals surface area contributed by atoms with Gasteiger partial charge in [0.15, 0.2) is 0 Å². The summed E-state index contributed by atoms with van der Waals surface area (Å²) in [5.74, 6) is 0.635. The standard InChI is InChI=1S/C17H20N2OS/c1-13(2)19(12-16-5-4-8-21-16)11-14-6-7-17(20-3)15(9-14)10-18/h4-9,13H,11-12H2,1-3H3. The van der Waals surface area contributed by atoms with Gasteiger partial charge in [-0.1, -0.05) is 12.1 Å². The number of hydrogen-bond acceptors (Lipinski definition) is 4. The summed E-state index contributed by atoms with van der Waals surface area (Å²) < 4.78 is 5.19. The zero-order valence-electron chi connectivity index (χ0n) is 12.7. The maximum atomic E-state index is 9.18. The van der Waals surface area contributed by atoms with Gasteiger partial charge >= 0.3 is 0 Å². The summed E-state index contributed by atoms with van der Waals surface area (Å²) in [6.45, 7) is 6.15. The molecule has 110 valence electrons. The van der Waals surface area contributed by atoms with Crippen LogP contribution in [0.3, 0.4) is 0 Å². The summed E-state index contributed by atoms with van der Waals surface area (Å²) in [7, 11) is 1.59. The van der Waals surface area contributed by atoms with Crippen LogP contribution >= 0.6 is 11.3 Å². The molecule has 2 rings (SSSR count). The number of rotatable bonds is 6. The fourth-order valence-corrected chi connectivity index (χ4v) is 2.93. The van der Waals surface area contributed by atoms with Crippen LogP contribution in [0.5, 0.6) is 5.75 Å². The zero-order valence-corrected chi connectivity index (χ0v) is 13.5. The predicted octanol–water partition coefficient (Wildman–Crippen LogP) is 4.04. The normalized spacial score (nSPS) is 10.9. The Labute approximate surface area is 130 Å². The number of ether oxygens (including phenoxy) is 1. The Kier molecular flexibility index (Phi) is 5.38. The van der Waals surface area contributed by atoms with Crippen molar-refractivity contribution in [3.63, 3.8) is 0 Å². The molecule has 0 aliphatic heterocycles. The van der Waals surface area contributed by atoms with Gasteiger partial charge in [-0.05, 0) is 43.0 Å². The van der Waals surface area contributed by atoms with Gasteiger partial charge in [-0.25, -0.2) is 0 Å².